The molecule has 0 aromatic carbocycles. The van der Waals surface area contributed by atoms with Crippen molar-refractivity contribution in [3.05, 3.63) is 0 Å². The van der Waals surface area contributed by atoms with E-state index in [0.717, 1.165) is 0 Å². The number of carbonyl (C=O) groups is 4. The van der Waals surface area contributed by atoms with Crippen molar-refractivity contribution < 1.29 is 29.4 Å². The number of likely N-dealkylation sites (tertiary alicyclic amines) is 1. The Kier molecular flexibility index (Phi) is 12.6. The number of carboxylic acids is 1. The van der Waals surface area contributed by atoms with Crippen LogP contribution < -0.4 is 22.1 Å². The summed E-state index contributed by atoms with van der Waals surface area (Å²) in [6.45, 7) is 2.14. The van der Waals surface area contributed by atoms with Crippen LogP contribution in [0.3, 0.4) is 0 Å². The molecule has 0 radical (unpaired) electrons. The van der Waals surface area contributed by atoms with Crippen molar-refractivity contribution in [1.82, 2.24) is 15.5 Å². The van der Waals surface area contributed by atoms with E-state index < -0.39 is 54.0 Å². The summed E-state index contributed by atoms with van der Waals surface area (Å²) >= 11 is 1.48. The molecular weight excluding hydrogens is 438 g/mol. The van der Waals surface area contributed by atoms with Crippen molar-refractivity contribution in [2.24, 2.45) is 11.5 Å². The molecule has 8 N–H and O–H groups in total. The van der Waals surface area contributed by atoms with E-state index in [0.29, 0.717) is 50.9 Å². The Balaban J connectivity index is 2.87. The van der Waals surface area contributed by atoms with Gasteiger partial charge in [-0.05, 0) is 57.6 Å². The fraction of sp³-hybridized carbons (Fsp3) is 0.800. The predicted molar refractivity (Wildman–Crippen MR) is 122 cm³/mol. The van der Waals surface area contributed by atoms with Crippen molar-refractivity contribution in [3.8, 4) is 0 Å². The minimum Gasteiger partial charge on any atom is -0.480 e. The van der Waals surface area contributed by atoms with Crippen LogP contribution in [-0.2, 0) is 19.2 Å². The number of nitrogens with two attached hydrogens (primary N) is 2. The van der Waals surface area contributed by atoms with E-state index in [9.17, 15) is 29.4 Å². The maximum atomic E-state index is 13.0. The number of carboxylic acid groups (broad SMARTS) is 1. The number of thioether (sulfide) groups is 1. The fourth-order valence-corrected chi connectivity index (χ4v) is 4.02. The second-order valence-electron chi connectivity index (χ2n) is 7.99. The Labute approximate surface area is 193 Å². The van der Waals surface area contributed by atoms with Gasteiger partial charge < -0.3 is 37.2 Å². The van der Waals surface area contributed by atoms with E-state index in [2.05, 4.69) is 10.6 Å². The highest BCUT2D eigenvalue weighted by Gasteiger charge is 2.38. The molecule has 32 heavy (non-hydrogen) atoms. The van der Waals surface area contributed by atoms with Gasteiger partial charge in [-0.25, -0.2) is 4.79 Å². The highest BCUT2D eigenvalue weighted by molar-refractivity contribution is 7.98. The van der Waals surface area contributed by atoms with E-state index in [1.807, 2.05) is 6.26 Å². The number of amides is 3. The second kappa shape index (κ2) is 14.3. The highest BCUT2D eigenvalue weighted by atomic mass is 32.2. The van der Waals surface area contributed by atoms with Crippen LogP contribution >= 0.6 is 11.8 Å². The van der Waals surface area contributed by atoms with Crippen molar-refractivity contribution in [1.29, 1.82) is 0 Å². The van der Waals surface area contributed by atoms with Gasteiger partial charge in [-0.3, -0.25) is 14.4 Å². The van der Waals surface area contributed by atoms with Gasteiger partial charge >= 0.3 is 5.97 Å². The largest absolute Gasteiger partial charge is 0.480 e. The molecule has 0 saturated carbocycles. The maximum Gasteiger partial charge on any atom is 0.326 e. The Hall–Kier alpha value is -1.89. The maximum absolute atomic E-state index is 13.0. The first-order valence-corrected chi connectivity index (χ1v) is 12.3. The third kappa shape index (κ3) is 8.57. The molecule has 1 fully saturated rings. The fourth-order valence-electron chi connectivity index (χ4n) is 3.55. The zero-order valence-corrected chi connectivity index (χ0v) is 19.6. The van der Waals surface area contributed by atoms with Gasteiger partial charge in [0.05, 0.1) is 12.1 Å². The number of aliphatic carboxylic acids is 1. The third-order valence-corrected chi connectivity index (χ3v) is 6.06. The van der Waals surface area contributed by atoms with Crippen LogP contribution in [0.1, 0.15) is 45.4 Å². The standard InChI is InChI=1S/C20H37N5O6S/c1-12(26)16(24-17(27)13(22)6-3-4-9-21)18(28)23-14(8-11-32-2)19(29)25-10-5-7-15(25)20(30)31/h12-16,26H,3-11,21-22H2,1-2H3,(H,23,28)(H,24,27)(H,30,31). The number of nitrogens with zero attached hydrogens (tertiary/aromatic N) is 1. The topological polar surface area (TPSA) is 188 Å². The van der Waals surface area contributed by atoms with E-state index in [4.69, 9.17) is 11.5 Å². The Morgan fingerprint density at radius 1 is 1.16 bits per heavy atom. The van der Waals surface area contributed by atoms with E-state index in [1.54, 1.807) is 0 Å². The molecule has 11 nitrogen and oxygen atoms in total. The summed E-state index contributed by atoms with van der Waals surface area (Å²) in [4.78, 5) is 51.0. The Morgan fingerprint density at radius 2 is 1.84 bits per heavy atom. The normalized spacial score (nSPS) is 19.7. The number of aliphatic hydroxyl groups is 1. The number of hydrogen-bond acceptors (Lipinski definition) is 8. The lowest BCUT2D eigenvalue weighted by atomic mass is 10.1. The lowest BCUT2D eigenvalue weighted by Crippen LogP contribution is -2.59. The van der Waals surface area contributed by atoms with Crippen LogP contribution in [0.4, 0.5) is 0 Å². The molecule has 0 spiro atoms. The summed E-state index contributed by atoms with van der Waals surface area (Å²) in [5.74, 6) is -2.32. The van der Waals surface area contributed by atoms with Gasteiger partial charge in [0, 0.05) is 6.54 Å². The van der Waals surface area contributed by atoms with Crippen LogP contribution in [0.2, 0.25) is 0 Å². The average molecular weight is 476 g/mol. The minimum atomic E-state index is -1.30. The van der Waals surface area contributed by atoms with Crippen LogP contribution in [0.25, 0.3) is 0 Å². The number of aliphatic hydroxyl groups excluding tert-OH is 1. The Morgan fingerprint density at radius 3 is 2.41 bits per heavy atom. The molecule has 3 amide bonds. The van der Waals surface area contributed by atoms with Gasteiger partial charge in [0.2, 0.25) is 17.7 Å². The molecule has 1 aliphatic rings. The van der Waals surface area contributed by atoms with Crippen LogP contribution in [0, 0.1) is 0 Å². The molecule has 5 unspecified atom stereocenters. The number of carbonyl (C=O) groups excluding carboxylic acids is 3. The Bertz CT molecular complexity index is 650. The number of hydrogen-bond donors (Lipinski definition) is 6. The zero-order valence-electron chi connectivity index (χ0n) is 18.8. The monoisotopic (exact) mass is 475 g/mol. The quantitative estimate of drug-likeness (QED) is 0.165. The van der Waals surface area contributed by atoms with Crippen molar-refractivity contribution in [3.63, 3.8) is 0 Å². The summed E-state index contributed by atoms with van der Waals surface area (Å²) in [6.07, 6.45) is 3.59. The molecule has 1 rings (SSSR count). The van der Waals surface area contributed by atoms with E-state index in [-0.39, 0.29) is 6.42 Å². The second-order valence-corrected chi connectivity index (χ2v) is 8.97. The molecule has 0 aromatic heterocycles. The summed E-state index contributed by atoms with van der Waals surface area (Å²) in [6, 6.07) is -4.05. The van der Waals surface area contributed by atoms with Crippen LogP contribution in [0.5, 0.6) is 0 Å². The molecular formula is C20H37N5O6S. The van der Waals surface area contributed by atoms with Crippen LogP contribution in [-0.4, -0.2) is 94.2 Å². The molecule has 1 heterocycles. The lowest BCUT2D eigenvalue weighted by Gasteiger charge is -2.29. The molecule has 0 aliphatic carbocycles. The summed E-state index contributed by atoms with van der Waals surface area (Å²) in [5.41, 5.74) is 11.3. The zero-order chi connectivity index (χ0) is 24.3. The van der Waals surface area contributed by atoms with E-state index in [1.165, 1.54) is 23.6 Å². The lowest BCUT2D eigenvalue weighted by molar-refractivity contribution is -0.149. The molecule has 184 valence electrons. The van der Waals surface area contributed by atoms with Gasteiger partial charge in [-0.2, -0.15) is 11.8 Å². The third-order valence-electron chi connectivity index (χ3n) is 5.41. The summed E-state index contributed by atoms with van der Waals surface area (Å²) < 4.78 is 0. The first-order valence-electron chi connectivity index (χ1n) is 10.9. The average Bonchev–Trinajstić information content (AvgIpc) is 3.24. The summed E-state index contributed by atoms with van der Waals surface area (Å²) in [5, 5.41) is 24.5. The summed E-state index contributed by atoms with van der Waals surface area (Å²) in [7, 11) is 0. The van der Waals surface area contributed by atoms with Gasteiger partial charge in [0.15, 0.2) is 0 Å². The van der Waals surface area contributed by atoms with Crippen molar-refractivity contribution in [2.45, 2.75) is 75.7 Å². The van der Waals surface area contributed by atoms with Crippen molar-refractivity contribution in [2.75, 3.05) is 25.1 Å². The van der Waals surface area contributed by atoms with Crippen LogP contribution in [0.15, 0.2) is 0 Å². The first-order chi connectivity index (χ1) is 15.1. The molecule has 5 atom stereocenters. The molecule has 0 bridgehead atoms. The number of unbranched alkanes of at least 4 members (excludes halogenated alkanes) is 1. The van der Waals surface area contributed by atoms with Crippen molar-refractivity contribution >= 4 is 35.5 Å². The minimum absolute atomic E-state index is 0.285. The highest BCUT2D eigenvalue weighted by Crippen LogP contribution is 2.20. The molecule has 12 heteroatoms. The van der Waals surface area contributed by atoms with Gasteiger partial charge in [-0.15, -0.1) is 0 Å². The van der Waals surface area contributed by atoms with E-state index >= 15 is 0 Å². The number of rotatable bonds is 14. The number of nitrogens with one attached hydrogen (secondary N) is 2. The predicted octanol–water partition coefficient (Wildman–Crippen LogP) is -1.38. The molecule has 0 aromatic rings. The van der Waals surface area contributed by atoms with Gasteiger partial charge in [0.25, 0.3) is 0 Å². The van der Waals surface area contributed by atoms with Gasteiger partial charge in [0.1, 0.15) is 18.1 Å². The smallest absolute Gasteiger partial charge is 0.326 e. The van der Waals surface area contributed by atoms with Gasteiger partial charge in [-0.1, -0.05) is 6.42 Å². The molecule has 1 aliphatic heterocycles. The molecule has 1 saturated heterocycles. The first kappa shape index (κ1) is 28.1. The SMILES string of the molecule is CSCCC(NC(=O)C(NC(=O)C(N)CCCCN)C(C)O)C(=O)N1CCCC1C(=O)O.